The molecule has 3 fully saturated rings. The quantitative estimate of drug-likeness (QED) is 0.116. The summed E-state index contributed by atoms with van der Waals surface area (Å²) < 4.78 is 11.1. The zero-order valence-corrected chi connectivity index (χ0v) is 32.8. The highest BCUT2D eigenvalue weighted by molar-refractivity contribution is 5.68. The summed E-state index contributed by atoms with van der Waals surface area (Å²) in [6.45, 7) is 19.3. The van der Waals surface area contributed by atoms with Crippen LogP contribution in [0.2, 0.25) is 0 Å². The molecule has 0 aromatic carbocycles. The van der Waals surface area contributed by atoms with E-state index >= 15 is 0 Å². The van der Waals surface area contributed by atoms with Gasteiger partial charge in [0.05, 0.1) is 0 Å². The van der Waals surface area contributed by atoms with Gasteiger partial charge in [0.25, 0.3) is 0 Å². The predicted octanol–water partition coefficient (Wildman–Crippen LogP) is 9.80. The lowest BCUT2D eigenvalue weighted by Crippen LogP contribution is -2.51. The van der Waals surface area contributed by atoms with Gasteiger partial charge < -0.3 is 30.1 Å². The molecule has 3 N–H and O–H groups in total. The molecule has 0 saturated heterocycles. The Morgan fingerprint density at radius 1 is 0.900 bits per heavy atom. The fourth-order valence-electron chi connectivity index (χ4n) is 10.6. The lowest BCUT2D eigenvalue weighted by molar-refractivity contribution is -0.0581. The first kappa shape index (κ1) is 40.3. The van der Waals surface area contributed by atoms with E-state index in [9.17, 15) is 19.5 Å². The second-order valence-corrected chi connectivity index (χ2v) is 18.2. The van der Waals surface area contributed by atoms with Crippen LogP contribution in [0, 0.1) is 46.3 Å². The Morgan fingerprint density at radius 2 is 1.60 bits per heavy atom. The number of ether oxygens (including phenoxy) is 2. The van der Waals surface area contributed by atoms with Gasteiger partial charge in [-0.25, -0.2) is 14.4 Å². The van der Waals surface area contributed by atoms with Gasteiger partial charge >= 0.3 is 18.3 Å². The van der Waals surface area contributed by atoms with E-state index in [2.05, 4.69) is 51.3 Å². The van der Waals surface area contributed by atoms with Crippen molar-refractivity contribution in [2.45, 2.75) is 157 Å². The van der Waals surface area contributed by atoms with Gasteiger partial charge in [-0.15, -0.1) is 0 Å². The van der Waals surface area contributed by atoms with E-state index in [0.29, 0.717) is 50.9 Å². The topological polar surface area (TPSA) is 117 Å². The molecule has 4 rings (SSSR count). The molecule has 0 heterocycles. The molecule has 0 spiro atoms. The summed E-state index contributed by atoms with van der Waals surface area (Å²) in [4.78, 5) is 37.6. The van der Waals surface area contributed by atoms with Gasteiger partial charge in [-0.3, -0.25) is 0 Å². The van der Waals surface area contributed by atoms with Crippen molar-refractivity contribution in [2.24, 2.45) is 46.3 Å². The third kappa shape index (κ3) is 10.3. The van der Waals surface area contributed by atoms with Crippen molar-refractivity contribution in [1.29, 1.82) is 0 Å². The second kappa shape index (κ2) is 17.4. The van der Waals surface area contributed by atoms with Crippen LogP contribution in [-0.4, -0.2) is 66.2 Å². The summed E-state index contributed by atoms with van der Waals surface area (Å²) >= 11 is 0. The van der Waals surface area contributed by atoms with Crippen LogP contribution in [0.4, 0.5) is 14.4 Å². The number of carbonyl (C=O) groups is 3. The fraction of sp³-hybridized carbons (Fsp3) is 0.878. The second-order valence-electron chi connectivity index (χ2n) is 18.2. The number of carbonyl (C=O) groups excluding carboxylic acids is 2. The Hall–Kier alpha value is -2.45. The molecule has 4 aliphatic rings. The number of nitrogens with one attached hydrogen (secondary N) is 2. The molecule has 0 radical (unpaired) electrons. The number of fused-ring (bicyclic) bond motifs is 5. The van der Waals surface area contributed by atoms with E-state index in [-0.39, 0.29) is 11.5 Å². The van der Waals surface area contributed by atoms with Crippen LogP contribution < -0.4 is 10.6 Å². The number of unbranched alkanes of at least 4 members (excludes halogenated alkanes) is 1. The van der Waals surface area contributed by atoms with E-state index in [0.717, 1.165) is 54.8 Å². The van der Waals surface area contributed by atoms with E-state index in [4.69, 9.17) is 9.47 Å². The highest BCUT2D eigenvalue weighted by Gasteiger charge is 2.59. The number of hydrogen-bond donors (Lipinski definition) is 3. The van der Waals surface area contributed by atoms with Crippen LogP contribution in [0.3, 0.4) is 0 Å². The Balaban J connectivity index is 1.18. The number of rotatable bonds is 15. The molecule has 9 nitrogen and oxygen atoms in total. The first-order valence-corrected chi connectivity index (χ1v) is 20.1. The molecule has 286 valence electrons. The minimum Gasteiger partial charge on any atom is -0.465 e. The number of allylic oxidation sites excluding steroid dienone is 1. The maximum Gasteiger partial charge on any atom is 0.407 e. The summed E-state index contributed by atoms with van der Waals surface area (Å²) in [7, 11) is 0. The van der Waals surface area contributed by atoms with Crippen LogP contribution >= 0.6 is 0 Å². The number of alkyl carbamates (subject to hydrolysis) is 2. The molecule has 50 heavy (non-hydrogen) atoms. The Morgan fingerprint density at radius 3 is 2.30 bits per heavy atom. The average Bonchev–Trinajstić information content (AvgIpc) is 3.38. The van der Waals surface area contributed by atoms with Crippen LogP contribution in [0.15, 0.2) is 11.6 Å². The maximum absolute atomic E-state index is 12.8. The molecular weight excluding hydrogens is 630 g/mol. The highest BCUT2D eigenvalue weighted by atomic mass is 16.6. The monoisotopic (exact) mass is 702 g/mol. The summed E-state index contributed by atoms with van der Waals surface area (Å²) in [6.07, 6.45) is 16.0. The zero-order valence-electron chi connectivity index (χ0n) is 32.8. The van der Waals surface area contributed by atoms with Crippen LogP contribution in [-0.2, 0) is 9.47 Å². The summed E-state index contributed by atoms with van der Waals surface area (Å²) in [5.41, 5.74) is 1.66. The van der Waals surface area contributed by atoms with Gasteiger partial charge in [0.15, 0.2) is 0 Å². The third-order valence-corrected chi connectivity index (χ3v) is 13.2. The van der Waals surface area contributed by atoms with Crippen molar-refractivity contribution in [2.75, 3.05) is 26.2 Å². The maximum atomic E-state index is 12.8. The van der Waals surface area contributed by atoms with Crippen molar-refractivity contribution in [3.05, 3.63) is 11.6 Å². The number of amides is 3. The minimum absolute atomic E-state index is 0.105. The molecular formula is C41H71N3O6. The van der Waals surface area contributed by atoms with Gasteiger partial charge in [-0.2, -0.15) is 0 Å². The SMILES string of the molecule is CC(C)CCCC(C)[C@H]1CC[C@H]2[C@@H]3CC=C4C[C@@H](OC(=O)NCCCN(CCCCNC(=O)OC(C)(C)C)C(=O)O)CC[C@]4(C)[C@H]3CC[C@]12C. The van der Waals surface area contributed by atoms with Crippen molar-refractivity contribution < 1.29 is 29.0 Å². The molecule has 0 aromatic heterocycles. The summed E-state index contributed by atoms with van der Waals surface area (Å²) in [5.74, 6) is 4.86. The number of hydrogen-bond acceptors (Lipinski definition) is 5. The molecule has 1 unspecified atom stereocenters. The first-order valence-electron chi connectivity index (χ1n) is 20.1. The van der Waals surface area contributed by atoms with Crippen LogP contribution in [0.25, 0.3) is 0 Å². The molecule has 0 bridgehead atoms. The number of carboxylic acid groups (broad SMARTS) is 1. The first-order chi connectivity index (χ1) is 23.5. The number of nitrogens with zero attached hydrogens (tertiary/aromatic N) is 1. The normalized spacial score (nSPS) is 31.1. The van der Waals surface area contributed by atoms with E-state index in [1.807, 2.05) is 20.8 Å². The van der Waals surface area contributed by atoms with Crippen LogP contribution in [0.5, 0.6) is 0 Å². The zero-order chi connectivity index (χ0) is 36.7. The lowest BCUT2D eigenvalue weighted by atomic mass is 9.47. The van der Waals surface area contributed by atoms with Gasteiger partial charge in [-0.1, -0.05) is 65.5 Å². The fourth-order valence-corrected chi connectivity index (χ4v) is 10.6. The minimum atomic E-state index is -0.983. The Kier molecular flexibility index (Phi) is 14.0. The van der Waals surface area contributed by atoms with Crippen molar-refractivity contribution in [3.63, 3.8) is 0 Å². The van der Waals surface area contributed by atoms with E-state index in [1.165, 1.54) is 61.8 Å². The van der Waals surface area contributed by atoms with Gasteiger partial charge in [-0.05, 0) is 131 Å². The van der Waals surface area contributed by atoms with E-state index in [1.54, 1.807) is 0 Å². The average molecular weight is 702 g/mol. The van der Waals surface area contributed by atoms with E-state index < -0.39 is 23.9 Å². The molecule has 3 amide bonds. The van der Waals surface area contributed by atoms with Gasteiger partial charge in [0.1, 0.15) is 11.7 Å². The standard InChI is InChI=1S/C41H71N3O6/c1-28(2)13-11-14-29(3)33-17-18-34-32-16-15-30-27-31(19-21-40(30,7)35(32)20-22-41(33,34)8)49-36(45)42-24-12-26-44(38(47)48)25-10-9-23-43-37(46)50-39(4,5)6/h15,28-29,31-35H,9-14,16-27H2,1-8H3,(H,42,45)(H,43,46)(H,47,48)/t29?,31-,32-,33+,34-,35-,40-,41+/m0/s1. The van der Waals surface area contributed by atoms with Crippen molar-refractivity contribution in [1.82, 2.24) is 15.5 Å². The molecule has 4 aliphatic carbocycles. The Labute approximate surface area is 303 Å². The molecule has 0 aromatic rings. The summed E-state index contributed by atoms with van der Waals surface area (Å²) in [5, 5.41) is 15.2. The Bertz CT molecular complexity index is 1180. The lowest BCUT2D eigenvalue weighted by Gasteiger charge is -2.58. The third-order valence-electron chi connectivity index (χ3n) is 13.2. The molecule has 3 saturated carbocycles. The molecule has 0 aliphatic heterocycles. The van der Waals surface area contributed by atoms with Crippen molar-refractivity contribution in [3.8, 4) is 0 Å². The molecule has 8 atom stereocenters. The predicted molar refractivity (Wildman–Crippen MR) is 199 cm³/mol. The van der Waals surface area contributed by atoms with Crippen LogP contribution in [0.1, 0.15) is 145 Å². The largest absolute Gasteiger partial charge is 0.465 e. The molecule has 9 heteroatoms. The van der Waals surface area contributed by atoms with Crippen molar-refractivity contribution >= 4 is 18.3 Å². The van der Waals surface area contributed by atoms with Gasteiger partial charge in [0, 0.05) is 32.6 Å². The highest BCUT2D eigenvalue weighted by Crippen LogP contribution is 2.67. The smallest absolute Gasteiger partial charge is 0.407 e. The summed E-state index contributed by atoms with van der Waals surface area (Å²) in [6, 6.07) is 0. The van der Waals surface area contributed by atoms with Gasteiger partial charge in [0.2, 0.25) is 0 Å².